The maximum Gasteiger partial charge on any atom is 0.339 e. The normalized spacial score (nSPS) is 27.8. The molecule has 0 heterocycles. The summed E-state index contributed by atoms with van der Waals surface area (Å²) in [5, 5.41) is 2.56. The van der Waals surface area contributed by atoms with Crippen LogP contribution in [0.15, 0.2) is 36.4 Å². The lowest BCUT2D eigenvalue weighted by atomic mass is 9.48. The lowest BCUT2D eigenvalue weighted by molar-refractivity contribution is -0.00613. The number of benzene rings is 2. The van der Waals surface area contributed by atoms with Crippen LogP contribution in [0.1, 0.15) is 54.4 Å². The van der Waals surface area contributed by atoms with Gasteiger partial charge in [-0.25, -0.2) is 9.59 Å². The van der Waals surface area contributed by atoms with E-state index in [1.807, 2.05) is 12.1 Å². The number of esters is 1. The molecule has 0 saturated heterocycles. The lowest BCUT2D eigenvalue weighted by Crippen LogP contribution is -2.48. The Morgan fingerprint density at radius 2 is 1.53 bits per heavy atom. The SMILES string of the molecule is COC(=O)c1ccc(-c2ccc(OC)c(C34CC5CC(CC(C5)C3)C4)c2)cc1NC(N)=O. The van der Waals surface area contributed by atoms with Crippen molar-refractivity contribution in [3.63, 3.8) is 0 Å². The number of methoxy groups -OCH3 is 2. The van der Waals surface area contributed by atoms with Crippen LogP contribution in [0.5, 0.6) is 5.75 Å². The van der Waals surface area contributed by atoms with Crippen LogP contribution in [0, 0.1) is 17.8 Å². The molecule has 6 nitrogen and oxygen atoms in total. The van der Waals surface area contributed by atoms with Crippen molar-refractivity contribution < 1.29 is 19.1 Å². The molecule has 32 heavy (non-hydrogen) atoms. The van der Waals surface area contributed by atoms with Gasteiger partial charge in [0.15, 0.2) is 0 Å². The van der Waals surface area contributed by atoms with Gasteiger partial charge in [0.2, 0.25) is 0 Å². The second-order valence-electron chi connectivity index (χ2n) is 9.85. The van der Waals surface area contributed by atoms with Gasteiger partial charge in [-0.15, -0.1) is 0 Å². The molecule has 0 aliphatic heterocycles. The maximum atomic E-state index is 12.1. The van der Waals surface area contributed by atoms with E-state index < -0.39 is 12.0 Å². The minimum absolute atomic E-state index is 0.191. The number of primary amides is 1. The molecule has 0 atom stereocenters. The summed E-state index contributed by atoms with van der Waals surface area (Å²) in [6.07, 6.45) is 7.90. The van der Waals surface area contributed by atoms with Gasteiger partial charge >= 0.3 is 12.0 Å². The number of rotatable bonds is 5. The van der Waals surface area contributed by atoms with Crippen molar-refractivity contribution in [1.29, 1.82) is 0 Å². The summed E-state index contributed by atoms with van der Waals surface area (Å²) in [6, 6.07) is 10.9. The molecule has 3 N–H and O–H groups in total. The van der Waals surface area contributed by atoms with Crippen molar-refractivity contribution in [2.75, 3.05) is 19.5 Å². The number of carbonyl (C=O) groups is 2. The van der Waals surface area contributed by atoms with Crippen LogP contribution >= 0.6 is 0 Å². The molecular formula is C26H30N2O4. The Bertz CT molecular complexity index is 1040. The van der Waals surface area contributed by atoms with Crippen molar-refractivity contribution in [3.05, 3.63) is 47.5 Å². The van der Waals surface area contributed by atoms with Gasteiger partial charge in [0, 0.05) is 5.56 Å². The summed E-state index contributed by atoms with van der Waals surface area (Å²) in [6.45, 7) is 0. The molecule has 6 rings (SSSR count). The third-order valence-corrected chi connectivity index (χ3v) is 7.83. The molecule has 0 radical (unpaired) electrons. The van der Waals surface area contributed by atoms with Gasteiger partial charge in [0.1, 0.15) is 5.75 Å². The van der Waals surface area contributed by atoms with Gasteiger partial charge in [-0.1, -0.05) is 12.1 Å². The van der Waals surface area contributed by atoms with Crippen LogP contribution in [-0.2, 0) is 10.2 Å². The molecule has 4 bridgehead atoms. The van der Waals surface area contributed by atoms with E-state index in [2.05, 4.69) is 17.4 Å². The zero-order chi connectivity index (χ0) is 22.5. The Hall–Kier alpha value is -3.02. The van der Waals surface area contributed by atoms with Crippen LogP contribution in [-0.4, -0.2) is 26.2 Å². The molecule has 2 amide bonds. The highest BCUT2D eigenvalue weighted by atomic mass is 16.5. The average molecular weight is 435 g/mol. The van der Waals surface area contributed by atoms with Gasteiger partial charge in [-0.3, -0.25) is 0 Å². The molecule has 2 aromatic rings. The van der Waals surface area contributed by atoms with E-state index in [1.54, 1.807) is 19.2 Å². The van der Waals surface area contributed by atoms with Crippen LogP contribution in [0.2, 0.25) is 0 Å². The molecule has 2 aromatic carbocycles. The van der Waals surface area contributed by atoms with Crippen LogP contribution < -0.4 is 15.8 Å². The van der Waals surface area contributed by atoms with Gasteiger partial charge in [-0.05, 0) is 97.1 Å². The predicted octanol–water partition coefficient (Wildman–Crippen LogP) is 5.11. The van der Waals surface area contributed by atoms with Gasteiger partial charge < -0.3 is 20.5 Å². The third kappa shape index (κ3) is 3.51. The van der Waals surface area contributed by atoms with E-state index in [-0.39, 0.29) is 11.0 Å². The second-order valence-corrected chi connectivity index (χ2v) is 9.85. The highest BCUT2D eigenvalue weighted by Crippen LogP contribution is 2.62. The first-order chi connectivity index (χ1) is 15.4. The zero-order valence-electron chi connectivity index (χ0n) is 18.6. The fourth-order valence-electron chi connectivity index (χ4n) is 6.99. The van der Waals surface area contributed by atoms with Crippen LogP contribution in [0.3, 0.4) is 0 Å². The van der Waals surface area contributed by atoms with E-state index >= 15 is 0 Å². The number of ether oxygens (including phenoxy) is 2. The smallest absolute Gasteiger partial charge is 0.339 e. The first-order valence-corrected chi connectivity index (χ1v) is 11.4. The minimum Gasteiger partial charge on any atom is -0.496 e. The number of carbonyl (C=O) groups excluding carboxylic acids is 2. The molecule has 168 valence electrons. The summed E-state index contributed by atoms with van der Waals surface area (Å²) in [4.78, 5) is 23.6. The fourth-order valence-corrected chi connectivity index (χ4v) is 6.99. The number of hydrogen-bond donors (Lipinski definition) is 2. The average Bonchev–Trinajstić information content (AvgIpc) is 2.77. The van der Waals surface area contributed by atoms with E-state index in [4.69, 9.17) is 15.2 Å². The van der Waals surface area contributed by atoms with Crippen LogP contribution in [0.25, 0.3) is 11.1 Å². The summed E-state index contributed by atoms with van der Waals surface area (Å²) in [5.74, 6) is 2.93. The first kappa shape index (κ1) is 20.9. The van der Waals surface area contributed by atoms with Gasteiger partial charge in [0.05, 0.1) is 25.5 Å². The lowest BCUT2D eigenvalue weighted by Gasteiger charge is -2.57. The molecule has 0 aromatic heterocycles. The number of nitrogens with one attached hydrogen (secondary N) is 1. The van der Waals surface area contributed by atoms with Crippen molar-refractivity contribution in [2.24, 2.45) is 23.5 Å². The number of urea groups is 1. The molecule has 0 unspecified atom stereocenters. The molecule has 4 saturated carbocycles. The summed E-state index contributed by atoms with van der Waals surface area (Å²) >= 11 is 0. The Balaban J connectivity index is 1.57. The molecule has 6 heteroatoms. The third-order valence-electron chi connectivity index (χ3n) is 7.83. The minimum atomic E-state index is -0.726. The number of hydrogen-bond acceptors (Lipinski definition) is 4. The zero-order valence-corrected chi connectivity index (χ0v) is 18.6. The van der Waals surface area contributed by atoms with Crippen LogP contribution in [0.4, 0.5) is 10.5 Å². The Morgan fingerprint density at radius 1 is 0.938 bits per heavy atom. The summed E-state index contributed by atoms with van der Waals surface area (Å²) in [7, 11) is 3.06. The summed E-state index contributed by atoms with van der Waals surface area (Å²) in [5.41, 5.74) is 9.37. The molecule has 0 spiro atoms. The quantitative estimate of drug-likeness (QED) is 0.640. The molecule has 4 aliphatic rings. The highest BCUT2D eigenvalue weighted by Gasteiger charge is 2.52. The largest absolute Gasteiger partial charge is 0.496 e. The Labute approximate surface area is 188 Å². The fraction of sp³-hybridized carbons (Fsp3) is 0.462. The van der Waals surface area contributed by atoms with Crippen molar-refractivity contribution >= 4 is 17.7 Å². The number of amides is 2. The highest BCUT2D eigenvalue weighted by molar-refractivity contribution is 6.01. The molecule has 4 aliphatic carbocycles. The molecular weight excluding hydrogens is 404 g/mol. The van der Waals surface area contributed by atoms with E-state index in [0.717, 1.165) is 34.6 Å². The first-order valence-electron chi connectivity index (χ1n) is 11.4. The number of nitrogens with two attached hydrogens (primary N) is 1. The van der Waals surface area contributed by atoms with Crippen molar-refractivity contribution in [2.45, 2.75) is 43.9 Å². The Kier molecular flexibility index (Phi) is 5.11. The topological polar surface area (TPSA) is 90.7 Å². The molecule has 4 fully saturated rings. The van der Waals surface area contributed by atoms with Crippen molar-refractivity contribution in [3.8, 4) is 16.9 Å². The standard InChI is InChI=1S/C26H30N2O4/c1-31-23-6-4-18(19-3-5-20(24(29)32-2)22(11-19)28-25(27)30)10-21(23)26-12-15-7-16(13-26)9-17(8-15)14-26/h3-6,10-11,15-17H,7-9,12-14H2,1-2H3,(H3,27,28,30). The monoisotopic (exact) mass is 434 g/mol. The van der Waals surface area contributed by atoms with Gasteiger partial charge in [-0.2, -0.15) is 0 Å². The van der Waals surface area contributed by atoms with E-state index in [0.29, 0.717) is 5.69 Å². The van der Waals surface area contributed by atoms with E-state index in [1.165, 1.54) is 51.2 Å². The summed E-state index contributed by atoms with van der Waals surface area (Å²) < 4.78 is 10.7. The Morgan fingerprint density at radius 3 is 2.09 bits per heavy atom. The van der Waals surface area contributed by atoms with Gasteiger partial charge in [0.25, 0.3) is 0 Å². The predicted molar refractivity (Wildman–Crippen MR) is 123 cm³/mol. The second kappa shape index (κ2) is 7.84. The number of anilines is 1. The van der Waals surface area contributed by atoms with E-state index in [9.17, 15) is 9.59 Å². The maximum absolute atomic E-state index is 12.1. The van der Waals surface area contributed by atoms with Crippen molar-refractivity contribution in [1.82, 2.24) is 0 Å².